The van der Waals surface area contributed by atoms with E-state index in [2.05, 4.69) is 0 Å². The van der Waals surface area contributed by atoms with Crippen molar-refractivity contribution in [1.82, 2.24) is 9.80 Å². The van der Waals surface area contributed by atoms with E-state index < -0.39 is 5.82 Å². The van der Waals surface area contributed by atoms with Gasteiger partial charge in [0.1, 0.15) is 5.82 Å². The van der Waals surface area contributed by atoms with Gasteiger partial charge in [0.25, 0.3) is 5.91 Å². The van der Waals surface area contributed by atoms with Crippen LogP contribution in [0.1, 0.15) is 15.9 Å². The first-order valence-corrected chi connectivity index (χ1v) is 6.64. The number of nitrogens with zero attached hydrogens (tertiary/aromatic N) is 2. The molecule has 1 aromatic carbocycles. The van der Waals surface area contributed by atoms with Crippen LogP contribution in [0.25, 0.3) is 0 Å². The molecule has 0 radical (unpaired) electrons. The lowest BCUT2D eigenvalue weighted by atomic mass is 10.1. The van der Waals surface area contributed by atoms with E-state index in [1.54, 1.807) is 24.1 Å². The molecule has 0 aromatic heterocycles. The topological polar surface area (TPSA) is 32.8 Å². The zero-order valence-electron chi connectivity index (χ0n) is 12.6. The van der Waals surface area contributed by atoms with Gasteiger partial charge >= 0.3 is 0 Å². The van der Waals surface area contributed by atoms with Gasteiger partial charge in [-0.25, -0.2) is 4.39 Å². The summed E-state index contributed by atoms with van der Waals surface area (Å²) in [4.78, 5) is 16.1. The molecule has 0 heterocycles. The van der Waals surface area contributed by atoms with Gasteiger partial charge in [-0.05, 0) is 33.2 Å². The lowest BCUT2D eigenvalue weighted by Gasteiger charge is -2.24. The Morgan fingerprint density at radius 2 is 1.95 bits per heavy atom. The SMILES string of the molecule is COCCN(CCN(C)C)C(=O)c1cc(C)ccc1F. The third kappa shape index (κ3) is 4.90. The number of aryl methyl sites for hydroxylation is 1. The first-order valence-electron chi connectivity index (χ1n) is 6.64. The minimum absolute atomic E-state index is 0.125. The number of halogens is 1. The Labute approximate surface area is 120 Å². The van der Waals surface area contributed by atoms with Gasteiger partial charge in [0.05, 0.1) is 12.2 Å². The minimum atomic E-state index is -0.479. The highest BCUT2D eigenvalue weighted by molar-refractivity contribution is 5.94. The van der Waals surface area contributed by atoms with Crippen molar-refractivity contribution in [3.8, 4) is 0 Å². The van der Waals surface area contributed by atoms with Gasteiger partial charge < -0.3 is 14.5 Å². The van der Waals surface area contributed by atoms with Crippen LogP contribution in [0.15, 0.2) is 18.2 Å². The molecule has 0 fully saturated rings. The van der Waals surface area contributed by atoms with Crippen LogP contribution >= 0.6 is 0 Å². The normalized spacial score (nSPS) is 10.9. The number of amides is 1. The summed E-state index contributed by atoms with van der Waals surface area (Å²) in [6.07, 6.45) is 0. The van der Waals surface area contributed by atoms with Crippen molar-refractivity contribution in [3.63, 3.8) is 0 Å². The highest BCUT2D eigenvalue weighted by Gasteiger charge is 2.19. The Kier molecular flexibility index (Phi) is 6.61. The molecule has 0 aliphatic rings. The number of hydrogen-bond acceptors (Lipinski definition) is 3. The van der Waals surface area contributed by atoms with Crippen molar-refractivity contribution in [2.75, 3.05) is 47.4 Å². The second-order valence-corrected chi connectivity index (χ2v) is 5.07. The number of ether oxygens (including phenoxy) is 1. The Morgan fingerprint density at radius 1 is 1.25 bits per heavy atom. The molecular formula is C15H23FN2O2. The predicted molar refractivity (Wildman–Crippen MR) is 77.5 cm³/mol. The number of carbonyl (C=O) groups is 1. The van der Waals surface area contributed by atoms with E-state index in [-0.39, 0.29) is 11.5 Å². The average molecular weight is 282 g/mol. The molecular weight excluding hydrogens is 259 g/mol. The second kappa shape index (κ2) is 7.97. The van der Waals surface area contributed by atoms with E-state index in [1.807, 2.05) is 25.9 Å². The average Bonchev–Trinajstić information content (AvgIpc) is 2.40. The van der Waals surface area contributed by atoms with Crippen molar-refractivity contribution in [3.05, 3.63) is 35.1 Å². The highest BCUT2D eigenvalue weighted by Crippen LogP contribution is 2.13. The van der Waals surface area contributed by atoms with Gasteiger partial charge in [-0.1, -0.05) is 11.6 Å². The molecule has 0 saturated carbocycles. The van der Waals surface area contributed by atoms with Crippen LogP contribution < -0.4 is 0 Å². The summed E-state index contributed by atoms with van der Waals surface area (Å²) in [7, 11) is 5.46. The van der Waals surface area contributed by atoms with Crippen molar-refractivity contribution in [2.45, 2.75) is 6.92 Å². The number of rotatable bonds is 7. The first kappa shape index (κ1) is 16.6. The zero-order valence-corrected chi connectivity index (χ0v) is 12.6. The van der Waals surface area contributed by atoms with Crippen molar-refractivity contribution >= 4 is 5.91 Å². The molecule has 20 heavy (non-hydrogen) atoms. The maximum atomic E-state index is 13.8. The van der Waals surface area contributed by atoms with Gasteiger partial charge in [-0.3, -0.25) is 4.79 Å². The fraction of sp³-hybridized carbons (Fsp3) is 0.533. The van der Waals surface area contributed by atoms with Crippen LogP contribution in [-0.4, -0.2) is 63.2 Å². The zero-order chi connectivity index (χ0) is 15.1. The summed E-state index contributed by atoms with van der Waals surface area (Å²) in [5.41, 5.74) is 0.994. The van der Waals surface area contributed by atoms with Crippen LogP contribution in [-0.2, 0) is 4.74 Å². The fourth-order valence-electron chi connectivity index (χ4n) is 1.81. The highest BCUT2D eigenvalue weighted by atomic mass is 19.1. The molecule has 0 bridgehead atoms. The summed E-state index contributed by atoms with van der Waals surface area (Å²) >= 11 is 0. The van der Waals surface area contributed by atoms with Gasteiger partial charge in [-0.15, -0.1) is 0 Å². The van der Waals surface area contributed by atoms with E-state index in [4.69, 9.17) is 4.74 Å². The Balaban J connectivity index is 2.87. The van der Waals surface area contributed by atoms with Crippen LogP contribution in [0.2, 0.25) is 0 Å². The van der Waals surface area contributed by atoms with Gasteiger partial charge in [0.15, 0.2) is 0 Å². The van der Waals surface area contributed by atoms with Gasteiger partial charge in [0, 0.05) is 26.7 Å². The third-order valence-electron chi connectivity index (χ3n) is 3.02. The predicted octanol–water partition coefficient (Wildman–Crippen LogP) is 1.78. The first-order chi connectivity index (χ1) is 9.45. The molecule has 0 spiro atoms. The van der Waals surface area contributed by atoms with Gasteiger partial charge in [-0.2, -0.15) is 0 Å². The maximum Gasteiger partial charge on any atom is 0.256 e. The quantitative estimate of drug-likeness (QED) is 0.764. The molecule has 112 valence electrons. The molecule has 0 aliphatic carbocycles. The lowest BCUT2D eigenvalue weighted by molar-refractivity contribution is 0.0678. The van der Waals surface area contributed by atoms with E-state index in [1.165, 1.54) is 6.07 Å². The summed E-state index contributed by atoms with van der Waals surface area (Å²) in [6.45, 7) is 4.00. The minimum Gasteiger partial charge on any atom is -0.383 e. The molecule has 1 aromatic rings. The van der Waals surface area contributed by atoms with Crippen LogP contribution in [0, 0.1) is 12.7 Å². The number of benzene rings is 1. The largest absolute Gasteiger partial charge is 0.383 e. The van der Waals surface area contributed by atoms with Gasteiger partial charge in [0.2, 0.25) is 0 Å². The summed E-state index contributed by atoms with van der Waals surface area (Å²) in [5, 5.41) is 0. The maximum absolute atomic E-state index is 13.8. The van der Waals surface area contributed by atoms with E-state index >= 15 is 0 Å². The Morgan fingerprint density at radius 3 is 2.55 bits per heavy atom. The Hall–Kier alpha value is -1.46. The van der Waals surface area contributed by atoms with E-state index in [0.29, 0.717) is 19.7 Å². The molecule has 1 amide bonds. The van der Waals surface area contributed by atoms with E-state index in [9.17, 15) is 9.18 Å². The Bertz CT molecular complexity index is 449. The smallest absolute Gasteiger partial charge is 0.256 e. The molecule has 0 saturated heterocycles. The van der Waals surface area contributed by atoms with Crippen LogP contribution in [0.4, 0.5) is 4.39 Å². The summed E-state index contributed by atoms with van der Waals surface area (Å²) in [6, 6.07) is 4.58. The number of methoxy groups -OCH3 is 1. The van der Waals surface area contributed by atoms with Crippen molar-refractivity contribution in [2.24, 2.45) is 0 Å². The fourth-order valence-corrected chi connectivity index (χ4v) is 1.81. The lowest BCUT2D eigenvalue weighted by Crippen LogP contribution is -2.39. The summed E-state index contributed by atoms with van der Waals surface area (Å²) < 4.78 is 18.8. The second-order valence-electron chi connectivity index (χ2n) is 5.07. The van der Waals surface area contributed by atoms with Crippen molar-refractivity contribution in [1.29, 1.82) is 0 Å². The van der Waals surface area contributed by atoms with Crippen LogP contribution in [0.3, 0.4) is 0 Å². The molecule has 1 rings (SSSR count). The monoisotopic (exact) mass is 282 g/mol. The molecule has 0 N–H and O–H groups in total. The number of hydrogen-bond donors (Lipinski definition) is 0. The van der Waals surface area contributed by atoms with Crippen LogP contribution in [0.5, 0.6) is 0 Å². The van der Waals surface area contributed by atoms with E-state index in [0.717, 1.165) is 12.1 Å². The molecule has 0 atom stereocenters. The number of likely N-dealkylation sites (N-methyl/N-ethyl adjacent to an activating group) is 1. The standard InChI is InChI=1S/C15H23FN2O2/c1-12-5-6-14(16)13(11-12)15(19)18(9-10-20-4)8-7-17(2)3/h5-6,11H,7-10H2,1-4H3. The molecule has 4 nitrogen and oxygen atoms in total. The molecule has 5 heteroatoms. The van der Waals surface area contributed by atoms with Crippen molar-refractivity contribution < 1.29 is 13.9 Å². The number of carbonyl (C=O) groups excluding carboxylic acids is 1. The molecule has 0 aliphatic heterocycles. The molecule has 0 unspecified atom stereocenters. The third-order valence-corrected chi connectivity index (χ3v) is 3.02. The summed E-state index contributed by atoms with van der Waals surface area (Å²) in [5.74, 6) is -0.766.